The fourth-order valence-electron chi connectivity index (χ4n) is 4.36. The van der Waals surface area contributed by atoms with E-state index >= 15 is 0 Å². The molecule has 0 bridgehead atoms. The van der Waals surface area contributed by atoms with Crippen molar-refractivity contribution in [1.82, 2.24) is 9.80 Å². The zero-order chi connectivity index (χ0) is 23.8. The van der Waals surface area contributed by atoms with Gasteiger partial charge < -0.3 is 15.2 Å². The summed E-state index contributed by atoms with van der Waals surface area (Å²) >= 11 is 0. The van der Waals surface area contributed by atoms with Gasteiger partial charge in [0.05, 0.1) is 6.61 Å². The van der Waals surface area contributed by atoms with E-state index in [9.17, 15) is 9.90 Å². The summed E-state index contributed by atoms with van der Waals surface area (Å²) in [4.78, 5) is 17.6. The second-order valence-corrected chi connectivity index (χ2v) is 8.69. The zero-order valence-electron chi connectivity index (χ0n) is 19.7. The predicted molar refractivity (Wildman–Crippen MR) is 135 cm³/mol. The summed E-state index contributed by atoms with van der Waals surface area (Å²) in [5.41, 5.74) is 3.70. The van der Waals surface area contributed by atoms with E-state index in [1.54, 1.807) is 18.2 Å². The van der Waals surface area contributed by atoms with Gasteiger partial charge >= 0.3 is 0 Å². The summed E-state index contributed by atoms with van der Waals surface area (Å²) in [7, 11) is 0. The number of anilines is 1. The van der Waals surface area contributed by atoms with E-state index in [-0.39, 0.29) is 5.91 Å². The van der Waals surface area contributed by atoms with Crippen LogP contribution in [0.1, 0.15) is 34.8 Å². The summed E-state index contributed by atoms with van der Waals surface area (Å²) in [6, 6.07) is 22.8. The Balaban J connectivity index is 1.32. The van der Waals surface area contributed by atoms with Crippen LogP contribution in [0, 0.1) is 0 Å². The van der Waals surface area contributed by atoms with Crippen molar-refractivity contribution in [3.8, 4) is 11.5 Å². The Morgan fingerprint density at radius 1 is 0.882 bits per heavy atom. The lowest BCUT2D eigenvalue weighted by atomic mass is 10.1. The second kappa shape index (κ2) is 11.7. The van der Waals surface area contributed by atoms with E-state index in [0.717, 1.165) is 56.9 Å². The Morgan fingerprint density at radius 3 is 2.26 bits per heavy atom. The molecule has 1 saturated heterocycles. The number of rotatable bonds is 8. The molecule has 4 rings (SSSR count). The number of carbonyl (C=O) groups excluding carboxylic acids is 1. The van der Waals surface area contributed by atoms with Crippen LogP contribution in [-0.4, -0.2) is 53.6 Å². The van der Waals surface area contributed by atoms with Gasteiger partial charge in [-0.3, -0.25) is 14.6 Å². The lowest BCUT2D eigenvalue weighted by Crippen LogP contribution is -2.30. The zero-order valence-corrected chi connectivity index (χ0v) is 19.7. The Morgan fingerprint density at radius 2 is 1.56 bits per heavy atom. The number of carbonyl (C=O) groups is 1. The van der Waals surface area contributed by atoms with E-state index in [2.05, 4.69) is 33.3 Å². The summed E-state index contributed by atoms with van der Waals surface area (Å²) in [6.45, 7) is 8.26. The molecule has 3 aromatic carbocycles. The number of nitrogens with zero attached hydrogens (tertiary/aromatic N) is 2. The van der Waals surface area contributed by atoms with Crippen molar-refractivity contribution in [2.45, 2.75) is 26.4 Å². The predicted octanol–water partition coefficient (Wildman–Crippen LogP) is 4.75. The minimum absolute atomic E-state index is 0.143. The van der Waals surface area contributed by atoms with Crippen LogP contribution in [0.4, 0.5) is 5.69 Å². The standard InChI is InChI=1S/C28H33N3O3/c1-2-34-27-12-5-9-24(19-27)28(33)29-25-10-3-7-22(17-25)20-30-13-6-14-31(16-15-30)21-23-8-4-11-26(32)18-23/h3-5,7-12,17-19,32H,2,6,13-16,20-21H2,1H3,(H,29,33). The highest BCUT2D eigenvalue weighted by Crippen LogP contribution is 2.19. The molecule has 6 nitrogen and oxygen atoms in total. The van der Waals surface area contributed by atoms with E-state index in [0.29, 0.717) is 23.7 Å². The Labute approximate surface area is 201 Å². The average Bonchev–Trinajstić information content (AvgIpc) is 3.05. The molecule has 0 unspecified atom stereocenters. The van der Waals surface area contributed by atoms with Crippen LogP contribution in [0.2, 0.25) is 0 Å². The van der Waals surface area contributed by atoms with Crippen molar-refractivity contribution in [3.05, 3.63) is 89.5 Å². The third-order valence-electron chi connectivity index (χ3n) is 6.00. The van der Waals surface area contributed by atoms with Crippen LogP contribution in [0.5, 0.6) is 11.5 Å². The topological polar surface area (TPSA) is 65.0 Å². The Kier molecular flexibility index (Phi) is 8.17. The van der Waals surface area contributed by atoms with Gasteiger partial charge in [-0.25, -0.2) is 0 Å². The van der Waals surface area contributed by atoms with Gasteiger partial charge in [-0.2, -0.15) is 0 Å². The van der Waals surface area contributed by atoms with Gasteiger partial charge in [0.15, 0.2) is 0 Å². The average molecular weight is 460 g/mol. The van der Waals surface area contributed by atoms with Crippen molar-refractivity contribution < 1.29 is 14.6 Å². The van der Waals surface area contributed by atoms with E-state index in [4.69, 9.17) is 4.74 Å². The quantitative estimate of drug-likeness (QED) is 0.509. The molecule has 0 aliphatic carbocycles. The maximum atomic E-state index is 12.7. The highest BCUT2D eigenvalue weighted by Gasteiger charge is 2.16. The summed E-state index contributed by atoms with van der Waals surface area (Å²) in [5.74, 6) is 0.877. The molecule has 0 saturated carbocycles. The maximum Gasteiger partial charge on any atom is 0.255 e. The van der Waals surface area contributed by atoms with Crippen molar-refractivity contribution in [2.75, 3.05) is 38.1 Å². The molecule has 178 valence electrons. The molecule has 1 heterocycles. The molecule has 34 heavy (non-hydrogen) atoms. The van der Waals surface area contributed by atoms with Crippen molar-refractivity contribution >= 4 is 11.6 Å². The first-order valence-electron chi connectivity index (χ1n) is 11.9. The molecule has 1 aliphatic heterocycles. The van der Waals surface area contributed by atoms with Gasteiger partial charge in [0.1, 0.15) is 11.5 Å². The van der Waals surface area contributed by atoms with Crippen LogP contribution in [0.25, 0.3) is 0 Å². The summed E-state index contributed by atoms with van der Waals surface area (Å²) in [5, 5.41) is 12.7. The van der Waals surface area contributed by atoms with E-state index < -0.39 is 0 Å². The molecule has 2 N–H and O–H groups in total. The van der Waals surface area contributed by atoms with Gasteiger partial charge in [-0.1, -0.05) is 30.3 Å². The van der Waals surface area contributed by atoms with Crippen LogP contribution in [0.3, 0.4) is 0 Å². The number of phenols is 1. The fraction of sp³-hybridized carbons (Fsp3) is 0.321. The van der Waals surface area contributed by atoms with Gasteiger partial charge in [0, 0.05) is 37.4 Å². The third-order valence-corrected chi connectivity index (χ3v) is 6.00. The molecular weight excluding hydrogens is 426 g/mol. The minimum Gasteiger partial charge on any atom is -0.508 e. The number of amides is 1. The molecule has 0 aromatic heterocycles. The largest absolute Gasteiger partial charge is 0.508 e. The number of hydrogen-bond acceptors (Lipinski definition) is 5. The van der Waals surface area contributed by atoms with Gasteiger partial charge in [-0.15, -0.1) is 0 Å². The van der Waals surface area contributed by atoms with E-state index in [1.165, 1.54) is 5.56 Å². The summed E-state index contributed by atoms with van der Waals surface area (Å²) < 4.78 is 5.51. The number of ether oxygens (including phenoxy) is 1. The Hall–Kier alpha value is -3.35. The molecule has 0 radical (unpaired) electrons. The molecule has 6 heteroatoms. The normalized spacial score (nSPS) is 15.0. The first-order valence-corrected chi connectivity index (χ1v) is 11.9. The molecule has 3 aromatic rings. The van der Waals surface area contributed by atoms with Gasteiger partial charge in [0.25, 0.3) is 5.91 Å². The SMILES string of the molecule is CCOc1cccc(C(=O)Nc2cccc(CN3CCCN(Cc4cccc(O)c4)CC3)c2)c1. The number of benzene rings is 3. The molecule has 0 atom stereocenters. The lowest BCUT2D eigenvalue weighted by Gasteiger charge is -2.22. The van der Waals surface area contributed by atoms with Crippen molar-refractivity contribution in [2.24, 2.45) is 0 Å². The summed E-state index contributed by atoms with van der Waals surface area (Å²) in [6.07, 6.45) is 1.10. The highest BCUT2D eigenvalue weighted by molar-refractivity contribution is 6.04. The number of nitrogens with one attached hydrogen (secondary N) is 1. The fourth-order valence-corrected chi connectivity index (χ4v) is 4.36. The van der Waals surface area contributed by atoms with Gasteiger partial charge in [-0.05, 0) is 80.0 Å². The van der Waals surface area contributed by atoms with Crippen LogP contribution in [-0.2, 0) is 13.1 Å². The molecular formula is C28H33N3O3. The molecule has 0 spiro atoms. The maximum absolute atomic E-state index is 12.7. The van der Waals surface area contributed by atoms with Crippen LogP contribution >= 0.6 is 0 Å². The van der Waals surface area contributed by atoms with Crippen molar-refractivity contribution in [3.63, 3.8) is 0 Å². The first kappa shape index (κ1) is 23.8. The number of phenolic OH excluding ortho intramolecular Hbond substituents is 1. The highest BCUT2D eigenvalue weighted by atomic mass is 16.5. The minimum atomic E-state index is -0.143. The lowest BCUT2D eigenvalue weighted by molar-refractivity contribution is 0.102. The molecule has 1 fully saturated rings. The monoisotopic (exact) mass is 459 g/mol. The number of aromatic hydroxyl groups is 1. The van der Waals surface area contributed by atoms with Crippen LogP contribution in [0.15, 0.2) is 72.8 Å². The smallest absolute Gasteiger partial charge is 0.255 e. The van der Waals surface area contributed by atoms with Gasteiger partial charge in [0.2, 0.25) is 0 Å². The van der Waals surface area contributed by atoms with Crippen LogP contribution < -0.4 is 10.1 Å². The third kappa shape index (κ3) is 6.83. The van der Waals surface area contributed by atoms with Crippen molar-refractivity contribution in [1.29, 1.82) is 0 Å². The Bertz CT molecular complexity index is 1100. The van der Waals surface area contributed by atoms with E-state index in [1.807, 2.05) is 43.3 Å². The number of hydrogen-bond donors (Lipinski definition) is 2. The second-order valence-electron chi connectivity index (χ2n) is 8.69. The molecule has 1 amide bonds. The molecule has 1 aliphatic rings. The first-order chi connectivity index (χ1) is 16.6.